The molecule has 0 aliphatic carbocycles. The summed E-state index contributed by atoms with van der Waals surface area (Å²) in [6.07, 6.45) is 0. The lowest BCUT2D eigenvalue weighted by Gasteiger charge is -2.19. The third-order valence-electron chi connectivity index (χ3n) is 3.44. The van der Waals surface area contributed by atoms with E-state index in [0.717, 1.165) is 17.1 Å². The fourth-order valence-electron chi connectivity index (χ4n) is 2.19. The Labute approximate surface area is 133 Å². The van der Waals surface area contributed by atoms with Gasteiger partial charge in [-0.25, -0.2) is 4.79 Å². The normalized spacial score (nSPS) is 12.8. The van der Waals surface area contributed by atoms with Crippen LogP contribution in [0.2, 0.25) is 0 Å². The summed E-state index contributed by atoms with van der Waals surface area (Å²) in [4.78, 5) is 13.0. The summed E-state index contributed by atoms with van der Waals surface area (Å²) in [7, 11) is 0. The first-order valence-corrected chi connectivity index (χ1v) is 8.03. The second-order valence-corrected chi connectivity index (χ2v) is 6.04. The van der Waals surface area contributed by atoms with Gasteiger partial charge in [0.25, 0.3) is 0 Å². The van der Waals surface area contributed by atoms with Crippen LogP contribution in [0.4, 0.5) is 4.79 Å². The number of fused-ring (bicyclic) bond motifs is 1. The largest absolute Gasteiger partial charge is 0.486 e. The summed E-state index contributed by atoms with van der Waals surface area (Å²) in [6, 6.07) is 7.57. The summed E-state index contributed by atoms with van der Waals surface area (Å²) < 4.78 is 11.0. The van der Waals surface area contributed by atoms with Crippen molar-refractivity contribution in [3.63, 3.8) is 0 Å². The van der Waals surface area contributed by atoms with Crippen LogP contribution >= 0.6 is 11.3 Å². The van der Waals surface area contributed by atoms with Gasteiger partial charge in [0, 0.05) is 11.4 Å². The number of aryl methyl sites for hydroxylation is 1. The number of ether oxygens (including phenoxy) is 2. The van der Waals surface area contributed by atoms with E-state index in [-0.39, 0.29) is 6.03 Å². The average Bonchev–Trinajstić information content (AvgIpc) is 2.96. The zero-order valence-electron chi connectivity index (χ0n) is 12.3. The number of carbonyl (C=O) groups excluding carboxylic acids is 1. The molecular weight excluding hydrogens is 300 g/mol. The predicted octanol–water partition coefficient (Wildman–Crippen LogP) is 2.83. The van der Waals surface area contributed by atoms with E-state index in [9.17, 15) is 4.79 Å². The first kappa shape index (κ1) is 14.7. The van der Waals surface area contributed by atoms with Crippen LogP contribution in [0.25, 0.3) is 0 Å². The lowest BCUT2D eigenvalue weighted by molar-refractivity contribution is 0.171. The van der Waals surface area contributed by atoms with E-state index in [4.69, 9.17) is 9.47 Å². The molecule has 1 aromatic heterocycles. The van der Waals surface area contributed by atoms with Crippen LogP contribution in [-0.4, -0.2) is 19.2 Å². The Morgan fingerprint density at radius 2 is 1.91 bits per heavy atom. The van der Waals surface area contributed by atoms with Crippen molar-refractivity contribution in [3.8, 4) is 11.5 Å². The Balaban J connectivity index is 1.49. The first-order valence-electron chi connectivity index (χ1n) is 7.15. The van der Waals surface area contributed by atoms with Crippen molar-refractivity contribution in [1.29, 1.82) is 0 Å². The van der Waals surface area contributed by atoms with Crippen molar-refractivity contribution in [2.45, 2.75) is 20.0 Å². The molecule has 1 aromatic carbocycles. The Morgan fingerprint density at radius 3 is 2.68 bits per heavy atom. The highest BCUT2D eigenvalue weighted by Crippen LogP contribution is 2.30. The van der Waals surface area contributed by atoms with Gasteiger partial charge in [-0.3, -0.25) is 0 Å². The molecule has 2 N–H and O–H groups in total. The molecule has 1 aliphatic heterocycles. The van der Waals surface area contributed by atoms with E-state index < -0.39 is 0 Å². The highest BCUT2D eigenvalue weighted by molar-refractivity contribution is 7.10. The van der Waals surface area contributed by atoms with Gasteiger partial charge >= 0.3 is 6.03 Å². The zero-order valence-corrected chi connectivity index (χ0v) is 13.2. The minimum absolute atomic E-state index is 0.178. The lowest BCUT2D eigenvalue weighted by Crippen LogP contribution is -2.34. The van der Waals surface area contributed by atoms with Crippen LogP contribution in [0.15, 0.2) is 29.6 Å². The molecule has 3 rings (SSSR count). The lowest BCUT2D eigenvalue weighted by atomic mass is 10.2. The van der Waals surface area contributed by atoms with Gasteiger partial charge in [-0.2, -0.15) is 0 Å². The molecule has 0 saturated heterocycles. The molecule has 1 aliphatic rings. The van der Waals surface area contributed by atoms with E-state index in [1.54, 1.807) is 11.3 Å². The summed E-state index contributed by atoms with van der Waals surface area (Å²) in [6.45, 7) is 4.18. The van der Waals surface area contributed by atoms with Crippen molar-refractivity contribution in [3.05, 3.63) is 45.6 Å². The summed E-state index contributed by atoms with van der Waals surface area (Å²) in [5, 5.41) is 7.74. The molecule has 116 valence electrons. The van der Waals surface area contributed by atoms with Gasteiger partial charge in [0.15, 0.2) is 11.5 Å². The predicted molar refractivity (Wildman–Crippen MR) is 85.6 cm³/mol. The first-order chi connectivity index (χ1) is 10.7. The van der Waals surface area contributed by atoms with E-state index >= 15 is 0 Å². The molecule has 0 unspecified atom stereocenters. The standard InChI is InChI=1S/C16H18N2O3S/c1-11-4-7-22-15(11)10-18-16(19)17-9-12-2-3-13-14(8-12)21-6-5-20-13/h2-4,7-8H,5-6,9-10H2,1H3,(H2,17,18,19). The van der Waals surface area contributed by atoms with Gasteiger partial charge in [-0.15, -0.1) is 11.3 Å². The number of nitrogens with one attached hydrogen (secondary N) is 2. The highest BCUT2D eigenvalue weighted by atomic mass is 32.1. The van der Waals surface area contributed by atoms with Crippen LogP contribution in [0.3, 0.4) is 0 Å². The molecule has 6 heteroatoms. The second kappa shape index (κ2) is 6.70. The van der Waals surface area contributed by atoms with E-state index in [2.05, 4.69) is 16.7 Å². The SMILES string of the molecule is Cc1ccsc1CNC(=O)NCc1ccc2c(c1)OCCO2. The maximum Gasteiger partial charge on any atom is 0.315 e. The van der Waals surface area contributed by atoms with Crippen LogP contribution in [0.5, 0.6) is 11.5 Å². The third kappa shape index (κ3) is 3.51. The third-order valence-corrected chi connectivity index (χ3v) is 4.46. The Bertz CT molecular complexity index is 669. The maximum atomic E-state index is 11.8. The van der Waals surface area contributed by atoms with Crippen molar-refractivity contribution in [2.24, 2.45) is 0 Å². The Hall–Kier alpha value is -2.21. The van der Waals surface area contributed by atoms with E-state index in [1.165, 1.54) is 10.4 Å². The summed E-state index contributed by atoms with van der Waals surface area (Å²) in [5.74, 6) is 1.49. The van der Waals surface area contributed by atoms with Crippen LogP contribution < -0.4 is 20.1 Å². The van der Waals surface area contributed by atoms with E-state index in [0.29, 0.717) is 26.3 Å². The number of benzene rings is 1. The van der Waals surface area contributed by atoms with Crippen molar-refractivity contribution in [2.75, 3.05) is 13.2 Å². The molecule has 0 radical (unpaired) electrons. The molecule has 2 aromatic rings. The monoisotopic (exact) mass is 318 g/mol. The molecule has 0 fully saturated rings. The number of thiophene rings is 1. The van der Waals surface area contributed by atoms with Crippen molar-refractivity contribution >= 4 is 17.4 Å². The molecule has 2 amide bonds. The number of hydrogen-bond donors (Lipinski definition) is 2. The molecule has 0 saturated carbocycles. The smallest absolute Gasteiger partial charge is 0.315 e. The number of carbonyl (C=O) groups is 1. The van der Waals surface area contributed by atoms with Gasteiger partial charge in [0.05, 0.1) is 6.54 Å². The molecule has 5 nitrogen and oxygen atoms in total. The molecular formula is C16H18N2O3S. The van der Waals surface area contributed by atoms with Gasteiger partial charge in [-0.1, -0.05) is 6.07 Å². The van der Waals surface area contributed by atoms with Gasteiger partial charge in [0.2, 0.25) is 0 Å². The van der Waals surface area contributed by atoms with Crippen molar-refractivity contribution in [1.82, 2.24) is 10.6 Å². The van der Waals surface area contributed by atoms with Gasteiger partial charge in [0.1, 0.15) is 13.2 Å². The van der Waals surface area contributed by atoms with Crippen LogP contribution in [0.1, 0.15) is 16.0 Å². The maximum absolute atomic E-state index is 11.8. The molecule has 2 heterocycles. The van der Waals surface area contributed by atoms with Crippen LogP contribution in [0, 0.1) is 6.92 Å². The zero-order chi connectivity index (χ0) is 15.4. The molecule has 22 heavy (non-hydrogen) atoms. The minimum Gasteiger partial charge on any atom is -0.486 e. The highest BCUT2D eigenvalue weighted by Gasteiger charge is 2.12. The number of rotatable bonds is 4. The van der Waals surface area contributed by atoms with Gasteiger partial charge < -0.3 is 20.1 Å². The Morgan fingerprint density at radius 1 is 1.14 bits per heavy atom. The Kier molecular flexibility index (Phi) is 4.48. The van der Waals surface area contributed by atoms with Gasteiger partial charge in [-0.05, 0) is 41.6 Å². The number of hydrogen-bond acceptors (Lipinski definition) is 4. The second-order valence-electron chi connectivity index (χ2n) is 5.04. The average molecular weight is 318 g/mol. The molecule has 0 atom stereocenters. The number of urea groups is 1. The summed E-state index contributed by atoms with van der Waals surface area (Å²) in [5.41, 5.74) is 2.18. The molecule has 0 bridgehead atoms. The summed E-state index contributed by atoms with van der Waals surface area (Å²) >= 11 is 1.65. The van der Waals surface area contributed by atoms with Crippen LogP contribution in [-0.2, 0) is 13.1 Å². The molecule has 0 spiro atoms. The van der Waals surface area contributed by atoms with Crippen molar-refractivity contribution < 1.29 is 14.3 Å². The topological polar surface area (TPSA) is 59.6 Å². The quantitative estimate of drug-likeness (QED) is 0.911. The fourth-order valence-corrected chi connectivity index (χ4v) is 3.03. The number of amides is 2. The fraction of sp³-hybridized carbons (Fsp3) is 0.312. The van der Waals surface area contributed by atoms with E-state index in [1.807, 2.05) is 30.5 Å². The minimum atomic E-state index is -0.178.